The number of aromatic nitrogens is 2. The molecule has 84 valence electrons. The summed E-state index contributed by atoms with van der Waals surface area (Å²) in [4.78, 5) is 3.97. The van der Waals surface area contributed by atoms with Crippen LogP contribution in [-0.4, -0.2) is 35.8 Å². The van der Waals surface area contributed by atoms with Gasteiger partial charge in [0, 0.05) is 25.6 Å². The van der Waals surface area contributed by atoms with Crippen LogP contribution in [0.2, 0.25) is 0 Å². The van der Waals surface area contributed by atoms with Crippen LogP contribution in [0, 0.1) is 0 Å². The van der Waals surface area contributed by atoms with E-state index in [1.807, 2.05) is 0 Å². The molecule has 2 N–H and O–H groups in total. The molecule has 5 heteroatoms. The largest absolute Gasteiger partial charge is 0.343 e. The van der Waals surface area contributed by atoms with Crippen LogP contribution in [0.5, 0.6) is 0 Å². The summed E-state index contributed by atoms with van der Waals surface area (Å²) < 4.78 is 4.66. The van der Waals surface area contributed by atoms with E-state index in [1.54, 1.807) is 0 Å². The van der Waals surface area contributed by atoms with Crippen molar-refractivity contribution in [2.75, 3.05) is 19.6 Å². The van der Waals surface area contributed by atoms with Crippen molar-refractivity contribution in [2.45, 2.75) is 31.7 Å². The van der Waals surface area contributed by atoms with Crippen LogP contribution in [0.1, 0.15) is 25.1 Å². The maximum Gasteiger partial charge on any atom is 0.213 e. The van der Waals surface area contributed by atoms with Crippen molar-refractivity contribution in [3.8, 4) is 0 Å². The first-order valence-electron chi connectivity index (χ1n) is 5.64. The van der Waals surface area contributed by atoms with Gasteiger partial charge in [-0.1, -0.05) is 11.6 Å². The average molecular weight is 210 g/mol. The summed E-state index contributed by atoms with van der Waals surface area (Å²) in [5.74, 6) is 0.777. The summed E-state index contributed by atoms with van der Waals surface area (Å²) in [5, 5.41) is 10.7. The van der Waals surface area contributed by atoms with Crippen molar-refractivity contribution in [1.29, 1.82) is 0 Å². The minimum atomic E-state index is 0.643. The summed E-state index contributed by atoms with van der Waals surface area (Å²) in [6.45, 7) is 3.12. The molecular weight excluding hydrogens is 192 g/mol. The number of piperidine rings is 1. The highest BCUT2D eigenvalue weighted by atomic mass is 16.5. The minimum Gasteiger partial charge on any atom is -0.343 e. The minimum absolute atomic E-state index is 0.643. The fraction of sp³-hybridized carbons (Fsp3) is 0.800. The second-order valence-corrected chi connectivity index (χ2v) is 3.95. The van der Waals surface area contributed by atoms with Crippen LogP contribution < -0.4 is 10.6 Å². The third-order valence-corrected chi connectivity index (χ3v) is 2.74. The van der Waals surface area contributed by atoms with Gasteiger partial charge in [-0.3, -0.25) is 0 Å². The van der Waals surface area contributed by atoms with Gasteiger partial charge in [-0.2, -0.15) is 4.98 Å². The lowest BCUT2D eigenvalue weighted by molar-refractivity contribution is 0.382. The summed E-state index contributed by atoms with van der Waals surface area (Å²) in [6.07, 6.45) is 6.17. The molecule has 1 aromatic heterocycles. The molecule has 1 aliphatic rings. The summed E-state index contributed by atoms with van der Waals surface area (Å²) in [5.41, 5.74) is 0. The highest BCUT2D eigenvalue weighted by Crippen LogP contribution is 2.05. The van der Waals surface area contributed by atoms with E-state index in [2.05, 4.69) is 25.3 Å². The molecule has 5 nitrogen and oxygen atoms in total. The van der Waals surface area contributed by atoms with Gasteiger partial charge in [0.1, 0.15) is 0 Å². The Hall–Kier alpha value is -0.940. The third-order valence-electron chi connectivity index (χ3n) is 2.74. The highest BCUT2D eigenvalue weighted by Gasteiger charge is 2.11. The Balaban J connectivity index is 1.54. The maximum atomic E-state index is 4.66. The van der Waals surface area contributed by atoms with E-state index in [0.717, 1.165) is 31.9 Å². The molecule has 2 heterocycles. The lowest BCUT2D eigenvalue weighted by atomic mass is 10.1. The Morgan fingerprint density at radius 1 is 1.53 bits per heavy atom. The van der Waals surface area contributed by atoms with E-state index in [1.165, 1.54) is 25.7 Å². The van der Waals surface area contributed by atoms with E-state index >= 15 is 0 Å². The second kappa shape index (κ2) is 5.82. The Kier molecular flexibility index (Phi) is 4.11. The second-order valence-electron chi connectivity index (χ2n) is 3.95. The number of hydrogen-bond donors (Lipinski definition) is 2. The SMILES string of the molecule is c1nc(CCNCC2CCCCN2)no1. The predicted molar refractivity (Wildman–Crippen MR) is 56.5 cm³/mol. The normalized spacial score (nSPS) is 21.7. The van der Waals surface area contributed by atoms with Crippen LogP contribution in [0.15, 0.2) is 10.9 Å². The molecule has 1 saturated heterocycles. The molecule has 0 radical (unpaired) electrons. The van der Waals surface area contributed by atoms with E-state index < -0.39 is 0 Å². The third kappa shape index (κ3) is 3.60. The molecule has 1 aliphatic heterocycles. The maximum absolute atomic E-state index is 4.66. The summed E-state index contributed by atoms with van der Waals surface area (Å²) in [6, 6.07) is 0.643. The molecule has 1 unspecified atom stereocenters. The van der Waals surface area contributed by atoms with Gasteiger partial charge in [-0.15, -0.1) is 0 Å². The molecule has 0 saturated carbocycles. The summed E-state index contributed by atoms with van der Waals surface area (Å²) >= 11 is 0. The zero-order valence-corrected chi connectivity index (χ0v) is 8.91. The molecule has 1 aromatic rings. The highest BCUT2D eigenvalue weighted by molar-refractivity contribution is 4.80. The number of nitrogens with one attached hydrogen (secondary N) is 2. The van der Waals surface area contributed by atoms with Crippen LogP contribution in [-0.2, 0) is 6.42 Å². The van der Waals surface area contributed by atoms with Crippen molar-refractivity contribution in [1.82, 2.24) is 20.8 Å². The van der Waals surface area contributed by atoms with E-state index in [9.17, 15) is 0 Å². The predicted octanol–water partition coefficient (Wildman–Crippen LogP) is 0.344. The van der Waals surface area contributed by atoms with Crippen molar-refractivity contribution >= 4 is 0 Å². The molecule has 0 spiro atoms. The van der Waals surface area contributed by atoms with Crippen molar-refractivity contribution < 1.29 is 4.52 Å². The van der Waals surface area contributed by atoms with Gasteiger partial charge in [-0.25, -0.2) is 0 Å². The Morgan fingerprint density at radius 2 is 2.53 bits per heavy atom. The van der Waals surface area contributed by atoms with Gasteiger partial charge >= 0.3 is 0 Å². The fourth-order valence-electron chi connectivity index (χ4n) is 1.88. The zero-order valence-electron chi connectivity index (χ0n) is 8.91. The van der Waals surface area contributed by atoms with Crippen molar-refractivity contribution in [3.05, 3.63) is 12.2 Å². The van der Waals surface area contributed by atoms with Gasteiger partial charge in [-0.05, 0) is 19.4 Å². The lowest BCUT2D eigenvalue weighted by Gasteiger charge is -2.23. The van der Waals surface area contributed by atoms with Gasteiger partial charge in [0.05, 0.1) is 0 Å². The van der Waals surface area contributed by atoms with Gasteiger partial charge in [0.15, 0.2) is 5.82 Å². The monoisotopic (exact) mass is 210 g/mol. The number of hydrogen-bond acceptors (Lipinski definition) is 5. The number of rotatable bonds is 5. The van der Waals surface area contributed by atoms with E-state index in [-0.39, 0.29) is 0 Å². The lowest BCUT2D eigenvalue weighted by Crippen LogP contribution is -2.42. The molecule has 1 fully saturated rings. The quantitative estimate of drug-likeness (QED) is 0.686. The molecular formula is C10H18N4O. The topological polar surface area (TPSA) is 63.0 Å². The Morgan fingerprint density at radius 3 is 3.27 bits per heavy atom. The molecule has 0 bridgehead atoms. The van der Waals surface area contributed by atoms with Gasteiger partial charge in [0.25, 0.3) is 0 Å². The van der Waals surface area contributed by atoms with E-state index in [0.29, 0.717) is 6.04 Å². The molecule has 0 aliphatic carbocycles. The van der Waals surface area contributed by atoms with Crippen molar-refractivity contribution in [3.63, 3.8) is 0 Å². The fourth-order valence-corrected chi connectivity index (χ4v) is 1.88. The van der Waals surface area contributed by atoms with Crippen LogP contribution in [0.3, 0.4) is 0 Å². The van der Waals surface area contributed by atoms with Gasteiger partial charge < -0.3 is 15.2 Å². The average Bonchev–Trinajstić information content (AvgIpc) is 2.79. The van der Waals surface area contributed by atoms with Crippen LogP contribution >= 0.6 is 0 Å². The molecule has 1 atom stereocenters. The van der Waals surface area contributed by atoms with Gasteiger partial charge in [0.2, 0.25) is 6.39 Å². The van der Waals surface area contributed by atoms with E-state index in [4.69, 9.17) is 0 Å². The smallest absolute Gasteiger partial charge is 0.213 e. The Labute approximate surface area is 89.6 Å². The first-order chi connectivity index (χ1) is 7.45. The van der Waals surface area contributed by atoms with Crippen molar-refractivity contribution in [2.24, 2.45) is 0 Å². The first-order valence-corrected chi connectivity index (χ1v) is 5.64. The molecule has 2 rings (SSSR count). The summed E-state index contributed by atoms with van der Waals surface area (Å²) in [7, 11) is 0. The number of nitrogens with zero attached hydrogens (tertiary/aromatic N) is 2. The molecule has 0 aromatic carbocycles. The Bertz CT molecular complexity index is 256. The molecule has 0 amide bonds. The standard InChI is InChI=1S/C10H18N4O/c1-2-5-12-9(3-1)7-11-6-4-10-13-8-15-14-10/h8-9,11-12H,1-7H2. The molecule has 15 heavy (non-hydrogen) atoms. The van der Waals surface area contributed by atoms with Crippen LogP contribution in [0.4, 0.5) is 0 Å². The van der Waals surface area contributed by atoms with Crippen LogP contribution in [0.25, 0.3) is 0 Å². The zero-order chi connectivity index (χ0) is 10.3. The first kappa shape index (κ1) is 10.6.